The van der Waals surface area contributed by atoms with Crippen LogP contribution in [0.2, 0.25) is 0 Å². The Balaban J connectivity index is 2.20. The molecule has 5 nitrogen and oxygen atoms in total. The molecule has 152 valence electrons. The van der Waals surface area contributed by atoms with Crippen molar-refractivity contribution < 1.29 is 14.7 Å². The molecule has 1 N–H and O–H groups in total. The number of hydrogen-bond donors (Lipinski definition) is 1. The van der Waals surface area contributed by atoms with E-state index in [2.05, 4.69) is 15.9 Å². The van der Waals surface area contributed by atoms with E-state index in [1.807, 2.05) is 75.3 Å². The summed E-state index contributed by atoms with van der Waals surface area (Å²) in [7, 11) is 3.83. The average Bonchev–Trinajstić information content (AvgIpc) is 2.92. The number of aliphatic hydroxyl groups is 1. The van der Waals surface area contributed by atoms with Gasteiger partial charge in [-0.3, -0.25) is 9.59 Å². The summed E-state index contributed by atoms with van der Waals surface area (Å²) >= 11 is 3.47. The van der Waals surface area contributed by atoms with Gasteiger partial charge in [0.25, 0.3) is 11.7 Å². The van der Waals surface area contributed by atoms with Crippen LogP contribution in [-0.4, -0.2) is 53.8 Å². The van der Waals surface area contributed by atoms with Crippen LogP contribution in [0.4, 0.5) is 0 Å². The summed E-state index contributed by atoms with van der Waals surface area (Å²) in [5.41, 5.74) is 3.32. The summed E-state index contributed by atoms with van der Waals surface area (Å²) in [5, 5.41) is 11.2. The van der Waals surface area contributed by atoms with Crippen molar-refractivity contribution in [2.24, 2.45) is 0 Å². The highest BCUT2D eigenvalue weighted by molar-refractivity contribution is 9.10. The number of aryl methyl sites for hydroxylation is 2. The number of likely N-dealkylation sites (tertiary alicyclic amines) is 1. The van der Waals surface area contributed by atoms with Crippen LogP contribution < -0.4 is 0 Å². The lowest BCUT2D eigenvalue weighted by Crippen LogP contribution is -2.35. The molecule has 1 fully saturated rings. The van der Waals surface area contributed by atoms with E-state index in [0.717, 1.165) is 21.2 Å². The number of carbonyl (C=O) groups is 2. The molecular formula is C23H25BrN2O3. The van der Waals surface area contributed by atoms with Gasteiger partial charge in [0.2, 0.25) is 0 Å². The summed E-state index contributed by atoms with van der Waals surface area (Å²) in [6.07, 6.45) is 0. The normalized spacial score (nSPS) is 18.7. The molecule has 0 radical (unpaired) electrons. The van der Waals surface area contributed by atoms with Crippen molar-refractivity contribution in [3.05, 3.63) is 74.8 Å². The van der Waals surface area contributed by atoms with Crippen LogP contribution in [-0.2, 0) is 9.59 Å². The van der Waals surface area contributed by atoms with Crippen LogP contribution in [0.1, 0.15) is 28.3 Å². The van der Waals surface area contributed by atoms with E-state index in [0.29, 0.717) is 18.7 Å². The number of amides is 1. The Kier molecular flexibility index (Phi) is 6.24. The number of benzene rings is 2. The SMILES string of the molecule is Cc1ccc(C)c(C(O)=C2C(=O)C(=O)N(CCN(C)C)[C@H]2c2cccc(Br)c2)c1. The molecule has 1 atom stereocenters. The first-order valence-corrected chi connectivity index (χ1v) is 10.3. The molecule has 29 heavy (non-hydrogen) atoms. The molecule has 0 spiro atoms. The predicted molar refractivity (Wildman–Crippen MR) is 118 cm³/mol. The van der Waals surface area contributed by atoms with Crippen molar-refractivity contribution in [1.82, 2.24) is 9.80 Å². The third-order valence-electron chi connectivity index (χ3n) is 5.14. The second-order valence-electron chi connectivity index (χ2n) is 7.67. The summed E-state index contributed by atoms with van der Waals surface area (Å²) < 4.78 is 0.847. The molecule has 6 heteroatoms. The molecule has 2 aromatic carbocycles. The minimum Gasteiger partial charge on any atom is -0.507 e. The Morgan fingerprint density at radius 2 is 1.86 bits per heavy atom. The molecule has 0 aromatic heterocycles. The Bertz CT molecular complexity index is 997. The molecule has 2 aromatic rings. The van der Waals surface area contributed by atoms with Crippen LogP contribution in [0.15, 0.2) is 52.5 Å². The van der Waals surface area contributed by atoms with Crippen molar-refractivity contribution in [3.8, 4) is 0 Å². The largest absolute Gasteiger partial charge is 0.507 e. The van der Waals surface area contributed by atoms with Crippen LogP contribution >= 0.6 is 15.9 Å². The van der Waals surface area contributed by atoms with Gasteiger partial charge in [-0.2, -0.15) is 0 Å². The average molecular weight is 457 g/mol. The van der Waals surface area contributed by atoms with Gasteiger partial charge >= 0.3 is 0 Å². The zero-order valence-electron chi connectivity index (χ0n) is 17.1. The Hall–Kier alpha value is -2.44. The molecule has 1 amide bonds. The fourth-order valence-electron chi connectivity index (χ4n) is 3.58. The molecule has 3 rings (SSSR count). The number of rotatable bonds is 5. The molecule has 0 aliphatic carbocycles. The highest BCUT2D eigenvalue weighted by Crippen LogP contribution is 2.40. The number of likely N-dealkylation sites (N-methyl/N-ethyl adjacent to an activating group) is 1. The zero-order valence-corrected chi connectivity index (χ0v) is 18.7. The third-order valence-corrected chi connectivity index (χ3v) is 5.63. The minimum absolute atomic E-state index is 0.123. The standard InChI is InChI=1S/C23H25BrN2O3/c1-14-8-9-15(2)18(12-14)21(27)19-20(16-6-5-7-17(24)13-16)26(11-10-25(3)4)23(29)22(19)28/h5-9,12-13,20,27H,10-11H2,1-4H3/t20-/m0/s1. The van der Waals surface area contributed by atoms with E-state index in [-0.39, 0.29) is 11.3 Å². The first kappa shape index (κ1) is 21.3. The molecule has 0 unspecified atom stereocenters. The van der Waals surface area contributed by atoms with Crippen LogP contribution in [0, 0.1) is 13.8 Å². The molecule has 1 aliphatic rings. The van der Waals surface area contributed by atoms with Crippen molar-refractivity contribution >= 4 is 33.4 Å². The maximum absolute atomic E-state index is 13.0. The minimum atomic E-state index is -0.646. The van der Waals surface area contributed by atoms with E-state index in [1.165, 1.54) is 0 Å². The van der Waals surface area contributed by atoms with Crippen LogP contribution in [0.25, 0.3) is 5.76 Å². The highest BCUT2D eigenvalue weighted by Gasteiger charge is 2.46. The second-order valence-corrected chi connectivity index (χ2v) is 8.58. The van der Waals surface area contributed by atoms with Gasteiger partial charge in [-0.15, -0.1) is 0 Å². The Labute approximate surface area is 179 Å². The van der Waals surface area contributed by atoms with Crippen molar-refractivity contribution in [1.29, 1.82) is 0 Å². The zero-order chi connectivity index (χ0) is 21.3. The Morgan fingerprint density at radius 1 is 1.14 bits per heavy atom. The predicted octanol–water partition coefficient (Wildman–Crippen LogP) is 4.05. The number of ketones is 1. The second kappa shape index (κ2) is 8.51. The quantitative estimate of drug-likeness (QED) is 0.418. The number of aliphatic hydroxyl groups excluding tert-OH is 1. The van der Waals surface area contributed by atoms with E-state index >= 15 is 0 Å². The number of carbonyl (C=O) groups excluding carboxylic acids is 2. The van der Waals surface area contributed by atoms with Gasteiger partial charge in [-0.05, 0) is 57.3 Å². The van der Waals surface area contributed by atoms with E-state index < -0.39 is 17.7 Å². The van der Waals surface area contributed by atoms with E-state index in [9.17, 15) is 14.7 Å². The number of halogens is 1. The molecule has 1 heterocycles. The van der Waals surface area contributed by atoms with Crippen molar-refractivity contribution in [2.45, 2.75) is 19.9 Å². The summed E-state index contributed by atoms with van der Waals surface area (Å²) in [6.45, 7) is 4.81. The molecule has 1 aliphatic heterocycles. The van der Waals surface area contributed by atoms with Gasteiger partial charge in [-0.1, -0.05) is 45.8 Å². The summed E-state index contributed by atoms with van der Waals surface area (Å²) in [6, 6.07) is 12.6. The first-order chi connectivity index (χ1) is 13.7. The van der Waals surface area contributed by atoms with Crippen molar-refractivity contribution in [2.75, 3.05) is 27.2 Å². The smallest absolute Gasteiger partial charge is 0.295 e. The molecule has 0 saturated carbocycles. The lowest BCUT2D eigenvalue weighted by molar-refractivity contribution is -0.140. The van der Waals surface area contributed by atoms with Gasteiger partial charge in [-0.25, -0.2) is 0 Å². The molecule has 1 saturated heterocycles. The first-order valence-electron chi connectivity index (χ1n) is 9.47. The number of Topliss-reactive ketones (excluding diaryl/α,β-unsaturated/α-hetero) is 1. The van der Waals surface area contributed by atoms with E-state index in [1.54, 1.807) is 4.90 Å². The monoisotopic (exact) mass is 456 g/mol. The molecular weight excluding hydrogens is 432 g/mol. The summed E-state index contributed by atoms with van der Waals surface area (Å²) in [5.74, 6) is -1.35. The number of nitrogens with zero attached hydrogens (tertiary/aromatic N) is 2. The van der Waals surface area contributed by atoms with Gasteiger partial charge in [0.15, 0.2) is 0 Å². The fourth-order valence-corrected chi connectivity index (χ4v) is 3.99. The van der Waals surface area contributed by atoms with Gasteiger partial charge in [0, 0.05) is 23.1 Å². The summed E-state index contributed by atoms with van der Waals surface area (Å²) in [4.78, 5) is 29.4. The lowest BCUT2D eigenvalue weighted by atomic mass is 9.93. The van der Waals surface area contributed by atoms with E-state index in [4.69, 9.17) is 0 Å². The third kappa shape index (κ3) is 4.28. The highest BCUT2D eigenvalue weighted by atomic mass is 79.9. The maximum atomic E-state index is 13.0. The Morgan fingerprint density at radius 3 is 2.52 bits per heavy atom. The molecule has 0 bridgehead atoms. The van der Waals surface area contributed by atoms with Crippen LogP contribution in [0.3, 0.4) is 0 Å². The lowest BCUT2D eigenvalue weighted by Gasteiger charge is -2.26. The van der Waals surface area contributed by atoms with Gasteiger partial charge in [0.05, 0.1) is 11.6 Å². The van der Waals surface area contributed by atoms with Crippen LogP contribution in [0.5, 0.6) is 0 Å². The topological polar surface area (TPSA) is 60.9 Å². The van der Waals surface area contributed by atoms with Gasteiger partial charge < -0.3 is 14.9 Å². The van der Waals surface area contributed by atoms with Crippen molar-refractivity contribution in [3.63, 3.8) is 0 Å². The fraction of sp³-hybridized carbons (Fsp3) is 0.304. The maximum Gasteiger partial charge on any atom is 0.295 e. The number of hydrogen-bond acceptors (Lipinski definition) is 4. The van der Waals surface area contributed by atoms with Gasteiger partial charge in [0.1, 0.15) is 5.76 Å².